The molecule has 1 aromatic rings. The second-order valence-electron chi connectivity index (χ2n) is 9.12. The number of hydrogen-bond acceptors (Lipinski definition) is 1. The molecular formula is C23H44N2. The van der Waals surface area contributed by atoms with Crippen molar-refractivity contribution in [1.82, 2.24) is 9.97 Å². The van der Waals surface area contributed by atoms with Gasteiger partial charge in [0.15, 0.2) is 0 Å². The number of rotatable bonds is 13. The molecule has 2 heteroatoms. The van der Waals surface area contributed by atoms with Gasteiger partial charge in [-0.05, 0) is 31.6 Å². The molecule has 0 spiro atoms. The second kappa shape index (κ2) is 11.0. The minimum absolute atomic E-state index is 0.184. The van der Waals surface area contributed by atoms with Crippen LogP contribution in [0.15, 0.2) is 0 Å². The van der Waals surface area contributed by atoms with Crippen molar-refractivity contribution in [3.63, 3.8) is 0 Å². The lowest BCUT2D eigenvalue weighted by Crippen LogP contribution is -2.20. The first-order valence-corrected chi connectivity index (χ1v) is 10.9. The zero-order valence-corrected chi connectivity index (χ0v) is 18.2. The van der Waals surface area contributed by atoms with Crippen LogP contribution in [0.1, 0.15) is 129 Å². The van der Waals surface area contributed by atoms with Crippen molar-refractivity contribution >= 4 is 0 Å². The summed E-state index contributed by atoms with van der Waals surface area (Å²) in [5.74, 6) is 2.57. The van der Waals surface area contributed by atoms with E-state index in [2.05, 4.69) is 53.5 Å². The van der Waals surface area contributed by atoms with Crippen molar-refractivity contribution in [2.24, 2.45) is 5.92 Å². The number of aryl methyl sites for hydroxylation is 1. The highest BCUT2D eigenvalue weighted by atomic mass is 15.0. The lowest BCUT2D eigenvalue weighted by molar-refractivity contribution is 0.434. The molecule has 0 aliphatic heterocycles. The van der Waals surface area contributed by atoms with E-state index >= 15 is 0 Å². The highest BCUT2D eigenvalue weighted by molar-refractivity contribution is 5.24. The fourth-order valence-electron chi connectivity index (χ4n) is 3.76. The number of aromatic amines is 1. The van der Waals surface area contributed by atoms with Crippen molar-refractivity contribution in [3.05, 3.63) is 17.2 Å². The van der Waals surface area contributed by atoms with Gasteiger partial charge >= 0.3 is 0 Å². The third kappa shape index (κ3) is 7.54. The molecule has 0 aliphatic rings. The molecule has 1 heterocycles. The molecule has 0 radical (unpaired) electrons. The van der Waals surface area contributed by atoms with E-state index in [0.29, 0.717) is 5.92 Å². The van der Waals surface area contributed by atoms with E-state index in [4.69, 9.17) is 4.98 Å². The maximum absolute atomic E-state index is 5.14. The smallest absolute Gasteiger partial charge is 0.109 e. The van der Waals surface area contributed by atoms with Gasteiger partial charge in [-0.2, -0.15) is 0 Å². The molecule has 1 N–H and O–H groups in total. The first-order valence-electron chi connectivity index (χ1n) is 10.9. The molecule has 0 saturated heterocycles. The number of nitrogens with one attached hydrogen (secondary N) is 1. The van der Waals surface area contributed by atoms with Gasteiger partial charge in [0, 0.05) is 17.0 Å². The molecule has 1 unspecified atom stereocenters. The monoisotopic (exact) mass is 348 g/mol. The van der Waals surface area contributed by atoms with E-state index in [1.54, 1.807) is 0 Å². The van der Waals surface area contributed by atoms with Crippen LogP contribution in [0.25, 0.3) is 0 Å². The van der Waals surface area contributed by atoms with Crippen LogP contribution in [0.4, 0.5) is 0 Å². The van der Waals surface area contributed by atoms with Crippen molar-refractivity contribution in [1.29, 1.82) is 0 Å². The molecular weight excluding hydrogens is 304 g/mol. The van der Waals surface area contributed by atoms with Gasteiger partial charge in [0.25, 0.3) is 0 Å². The number of unbranched alkanes of at least 4 members (excludes halogenated alkanes) is 3. The Kier molecular flexibility index (Phi) is 9.82. The van der Waals surface area contributed by atoms with E-state index in [9.17, 15) is 0 Å². The number of nitrogens with zero attached hydrogens (tertiary/aromatic N) is 1. The first kappa shape index (κ1) is 22.3. The van der Waals surface area contributed by atoms with Gasteiger partial charge in [-0.3, -0.25) is 0 Å². The molecule has 2 nitrogen and oxygen atoms in total. The quantitative estimate of drug-likeness (QED) is 0.366. The number of hydrogen-bond donors (Lipinski definition) is 1. The van der Waals surface area contributed by atoms with E-state index in [-0.39, 0.29) is 5.41 Å². The average molecular weight is 349 g/mol. The predicted molar refractivity (Wildman–Crippen MR) is 111 cm³/mol. The number of imidazole rings is 1. The maximum Gasteiger partial charge on any atom is 0.109 e. The largest absolute Gasteiger partial charge is 0.345 e. The van der Waals surface area contributed by atoms with E-state index in [1.807, 2.05) is 0 Å². The normalized spacial score (nSPS) is 13.6. The Labute approximate surface area is 157 Å². The zero-order valence-electron chi connectivity index (χ0n) is 18.2. The van der Waals surface area contributed by atoms with Crippen LogP contribution in [-0.4, -0.2) is 9.97 Å². The number of H-pyrrole nitrogens is 1. The summed E-state index contributed by atoms with van der Waals surface area (Å²) in [4.78, 5) is 8.88. The van der Waals surface area contributed by atoms with E-state index in [1.165, 1.54) is 75.0 Å². The molecule has 0 saturated carbocycles. The van der Waals surface area contributed by atoms with Gasteiger partial charge in [-0.25, -0.2) is 4.98 Å². The summed E-state index contributed by atoms with van der Waals surface area (Å²) in [6.07, 6.45) is 12.7. The molecule has 0 amide bonds. The molecule has 25 heavy (non-hydrogen) atoms. The SMILES string of the molecule is CCCCCC(C)(C)c1nc(C(C)CCC)[nH]c1CCCCC(C)C. The van der Waals surface area contributed by atoms with Crippen molar-refractivity contribution in [3.8, 4) is 0 Å². The van der Waals surface area contributed by atoms with E-state index < -0.39 is 0 Å². The molecule has 146 valence electrons. The first-order chi connectivity index (χ1) is 11.8. The fourth-order valence-corrected chi connectivity index (χ4v) is 3.76. The second-order valence-corrected chi connectivity index (χ2v) is 9.12. The van der Waals surface area contributed by atoms with Crippen LogP contribution < -0.4 is 0 Å². The Morgan fingerprint density at radius 2 is 1.64 bits per heavy atom. The summed E-state index contributed by atoms with van der Waals surface area (Å²) in [6, 6.07) is 0. The van der Waals surface area contributed by atoms with Crippen LogP contribution in [-0.2, 0) is 11.8 Å². The summed E-state index contributed by atoms with van der Waals surface area (Å²) in [5.41, 5.74) is 2.96. The van der Waals surface area contributed by atoms with Crippen molar-refractivity contribution in [2.75, 3.05) is 0 Å². The van der Waals surface area contributed by atoms with Crippen LogP contribution in [0.2, 0.25) is 0 Å². The van der Waals surface area contributed by atoms with Gasteiger partial charge in [0.2, 0.25) is 0 Å². The van der Waals surface area contributed by atoms with Gasteiger partial charge in [-0.1, -0.05) is 87.0 Å². The van der Waals surface area contributed by atoms with Crippen molar-refractivity contribution in [2.45, 2.75) is 124 Å². The van der Waals surface area contributed by atoms with E-state index in [0.717, 1.165) is 12.3 Å². The van der Waals surface area contributed by atoms with Crippen LogP contribution in [0.3, 0.4) is 0 Å². The Hall–Kier alpha value is -0.790. The van der Waals surface area contributed by atoms with Crippen LogP contribution in [0, 0.1) is 5.92 Å². The van der Waals surface area contributed by atoms with Crippen molar-refractivity contribution < 1.29 is 0 Å². The lowest BCUT2D eigenvalue weighted by atomic mass is 9.82. The van der Waals surface area contributed by atoms with Gasteiger partial charge < -0.3 is 4.98 Å². The third-order valence-corrected chi connectivity index (χ3v) is 5.49. The topological polar surface area (TPSA) is 28.7 Å². The predicted octanol–water partition coefficient (Wildman–Crippen LogP) is 7.54. The van der Waals surface area contributed by atoms with Gasteiger partial charge in [0.05, 0.1) is 5.69 Å². The minimum atomic E-state index is 0.184. The van der Waals surface area contributed by atoms with Crippen LogP contribution in [0.5, 0.6) is 0 Å². The Morgan fingerprint density at radius 1 is 0.920 bits per heavy atom. The molecule has 0 aromatic carbocycles. The molecule has 0 fully saturated rings. The molecule has 1 atom stereocenters. The Morgan fingerprint density at radius 3 is 2.24 bits per heavy atom. The van der Waals surface area contributed by atoms with Gasteiger partial charge in [-0.15, -0.1) is 0 Å². The lowest BCUT2D eigenvalue weighted by Gasteiger charge is -2.24. The summed E-state index contributed by atoms with van der Waals surface area (Å²) in [6.45, 7) is 16.3. The molecule has 0 bridgehead atoms. The summed E-state index contributed by atoms with van der Waals surface area (Å²) in [5, 5.41) is 0. The highest BCUT2D eigenvalue weighted by Gasteiger charge is 2.27. The zero-order chi connectivity index (χ0) is 18.9. The average Bonchev–Trinajstić information content (AvgIpc) is 2.97. The number of aromatic nitrogens is 2. The summed E-state index contributed by atoms with van der Waals surface area (Å²) in [7, 11) is 0. The fraction of sp³-hybridized carbons (Fsp3) is 0.870. The minimum Gasteiger partial charge on any atom is -0.345 e. The third-order valence-electron chi connectivity index (χ3n) is 5.49. The Balaban J connectivity index is 2.89. The molecule has 1 rings (SSSR count). The van der Waals surface area contributed by atoms with Crippen LogP contribution >= 0.6 is 0 Å². The van der Waals surface area contributed by atoms with Gasteiger partial charge in [0.1, 0.15) is 5.82 Å². The highest BCUT2D eigenvalue weighted by Crippen LogP contribution is 2.33. The standard InChI is InChI=1S/C23H44N2/c1-8-10-13-17-23(6,7)21-20(16-12-11-15-18(3)4)24-22(25-21)19(5)14-9-2/h18-19H,8-17H2,1-7H3,(H,24,25). The Bertz CT molecular complexity index is 470. The molecule has 1 aromatic heterocycles. The maximum atomic E-state index is 5.14. The molecule has 0 aliphatic carbocycles. The summed E-state index contributed by atoms with van der Waals surface area (Å²) < 4.78 is 0. The summed E-state index contributed by atoms with van der Waals surface area (Å²) >= 11 is 0.